The lowest BCUT2D eigenvalue weighted by atomic mass is 10.1. The zero-order valence-electron chi connectivity index (χ0n) is 13.8. The highest BCUT2D eigenvalue weighted by atomic mass is 79.9. The van der Waals surface area contributed by atoms with Crippen LogP contribution in [-0.2, 0) is 0 Å². The molecule has 6 nitrogen and oxygen atoms in total. The number of hydrogen-bond donors (Lipinski definition) is 2. The van der Waals surface area contributed by atoms with Crippen LogP contribution < -0.4 is 14.9 Å². The number of ether oxygens (including phenoxy) is 2. The Labute approximate surface area is 162 Å². The maximum Gasteiger partial charge on any atom is 0.275 e. The maximum atomic E-state index is 12.2. The van der Waals surface area contributed by atoms with Gasteiger partial charge in [0.2, 0.25) is 0 Å². The van der Waals surface area contributed by atoms with Crippen LogP contribution in [0.25, 0.3) is 0 Å². The monoisotopic (exact) mass is 470 g/mol. The molecule has 0 radical (unpaired) electrons. The molecule has 0 bridgehead atoms. The molecule has 2 N–H and O–H groups in total. The number of carbonyl (C=O) groups is 1. The average molecular weight is 472 g/mol. The number of rotatable bonds is 5. The van der Waals surface area contributed by atoms with E-state index in [1.807, 2.05) is 13.0 Å². The number of aryl methyl sites for hydroxylation is 1. The van der Waals surface area contributed by atoms with Crippen molar-refractivity contribution in [3.05, 3.63) is 49.9 Å². The van der Waals surface area contributed by atoms with Gasteiger partial charge in [0.05, 0.1) is 30.5 Å². The summed E-state index contributed by atoms with van der Waals surface area (Å²) in [7, 11) is 3.11. The summed E-state index contributed by atoms with van der Waals surface area (Å²) in [6.07, 6.45) is 1.50. The van der Waals surface area contributed by atoms with E-state index in [1.165, 1.54) is 12.3 Å². The molecule has 0 aliphatic heterocycles. The highest BCUT2D eigenvalue weighted by Gasteiger charge is 2.14. The number of halogens is 2. The second-order valence-corrected chi connectivity index (χ2v) is 6.82. The van der Waals surface area contributed by atoms with Crippen molar-refractivity contribution in [3.63, 3.8) is 0 Å². The molecule has 132 valence electrons. The van der Waals surface area contributed by atoms with Crippen LogP contribution in [0.5, 0.6) is 17.2 Å². The Bertz CT molecular complexity index is 838. The van der Waals surface area contributed by atoms with Gasteiger partial charge in [-0.05, 0) is 52.7 Å². The van der Waals surface area contributed by atoms with Gasteiger partial charge in [-0.15, -0.1) is 0 Å². The van der Waals surface area contributed by atoms with Crippen LogP contribution in [0.15, 0.2) is 38.3 Å². The predicted molar refractivity (Wildman–Crippen MR) is 103 cm³/mol. The minimum absolute atomic E-state index is 0.0995. The highest BCUT2D eigenvalue weighted by molar-refractivity contribution is 9.11. The van der Waals surface area contributed by atoms with Crippen molar-refractivity contribution in [2.24, 2.45) is 5.10 Å². The molecule has 2 aromatic carbocycles. The molecule has 0 heterocycles. The van der Waals surface area contributed by atoms with Gasteiger partial charge in [-0.2, -0.15) is 5.10 Å². The Morgan fingerprint density at radius 2 is 1.80 bits per heavy atom. The molecule has 8 heteroatoms. The van der Waals surface area contributed by atoms with Crippen molar-refractivity contribution in [1.29, 1.82) is 0 Å². The molecule has 2 rings (SSSR count). The van der Waals surface area contributed by atoms with Gasteiger partial charge in [-0.25, -0.2) is 5.43 Å². The third-order valence-corrected chi connectivity index (χ3v) is 4.48. The van der Waals surface area contributed by atoms with Gasteiger partial charge in [0.1, 0.15) is 5.75 Å². The lowest BCUT2D eigenvalue weighted by molar-refractivity contribution is 0.0952. The molecule has 0 fully saturated rings. The van der Waals surface area contributed by atoms with Crippen LogP contribution in [-0.4, -0.2) is 31.4 Å². The molecular formula is C17H16Br2N2O4. The van der Waals surface area contributed by atoms with E-state index in [4.69, 9.17) is 9.47 Å². The van der Waals surface area contributed by atoms with E-state index < -0.39 is 5.91 Å². The van der Waals surface area contributed by atoms with E-state index in [1.54, 1.807) is 26.4 Å². The number of phenols is 1. The van der Waals surface area contributed by atoms with Gasteiger partial charge in [0.15, 0.2) is 11.5 Å². The van der Waals surface area contributed by atoms with Crippen molar-refractivity contribution in [1.82, 2.24) is 5.43 Å². The normalized spacial score (nSPS) is 10.8. The molecule has 2 aromatic rings. The fourth-order valence-electron chi connectivity index (χ4n) is 2.10. The summed E-state index contributed by atoms with van der Waals surface area (Å²) < 4.78 is 11.5. The topological polar surface area (TPSA) is 80.2 Å². The van der Waals surface area contributed by atoms with E-state index in [0.29, 0.717) is 20.4 Å². The molecule has 0 aliphatic rings. The fourth-order valence-corrected chi connectivity index (χ4v) is 3.32. The van der Waals surface area contributed by atoms with Crippen molar-refractivity contribution in [2.75, 3.05) is 14.2 Å². The van der Waals surface area contributed by atoms with E-state index in [9.17, 15) is 9.90 Å². The second-order valence-electron chi connectivity index (χ2n) is 5.05. The molecule has 25 heavy (non-hydrogen) atoms. The van der Waals surface area contributed by atoms with Crippen molar-refractivity contribution < 1.29 is 19.4 Å². The molecule has 0 unspecified atom stereocenters. The summed E-state index contributed by atoms with van der Waals surface area (Å²) in [4.78, 5) is 12.2. The van der Waals surface area contributed by atoms with Gasteiger partial charge >= 0.3 is 0 Å². The number of nitrogens with one attached hydrogen (secondary N) is 1. The minimum atomic E-state index is -0.533. The Morgan fingerprint density at radius 1 is 1.16 bits per heavy atom. The summed E-state index contributed by atoms with van der Waals surface area (Å²) in [6, 6.07) is 6.73. The van der Waals surface area contributed by atoms with Crippen LogP contribution in [0.1, 0.15) is 21.5 Å². The van der Waals surface area contributed by atoms with Crippen LogP contribution in [0.4, 0.5) is 0 Å². The van der Waals surface area contributed by atoms with E-state index in [0.717, 1.165) is 11.1 Å². The molecule has 0 atom stereocenters. The Kier molecular flexibility index (Phi) is 6.44. The largest absolute Gasteiger partial charge is 0.506 e. The first-order chi connectivity index (χ1) is 11.9. The molecule has 0 aromatic heterocycles. The van der Waals surface area contributed by atoms with Crippen molar-refractivity contribution in [3.8, 4) is 17.2 Å². The highest BCUT2D eigenvalue weighted by Crippen LogP contribution is 2.32. The maximum absolute atomic E-state index is 12.2. The zero-order chi connectivity index (χ0) is 18.6. The summed E-state index contributed by atoms with van der Waals surface area (Å²) in [5.74, 6) is 0.492. The van der Waals surface area contributed by atoms with Crippen LogP contribution in [0.3, 0.4) is 0 Å². The lowest BCUT2D eigenvalue weighted by Crippen LogP contribution is -2.18. The molecule has 0 saturated carbocycles. The van der Waals surface area contributed by atoms with Crippen LogP contribution >= 0.6 is 31.9 Å². The van der Waals surface area contributed by atoms with Gasteiger partial charge in [0.25, 0.3) is 5.91 Å². The third-order valence-electron chi connectivity index (χ3n) is 3.41. The van der Waals surface area contributed by atoms with Gasteiger partial charge in [-0.3, -0.25) is 4.79 Å². The molecular weight excluding hydrogens is 456 g/mol. The van der Waals surface area contributed by atoms with Crippen LogP contribution in [0.2, 0.25) is 0 Å². The van der Waals surface area contributed by atoms with Crippen molar-refractivity contribution >= 4 is 44.0 Å². The summed E-state index contributed by atoms with van der Waals surface area (Å²) in [5.41, 5.74) is 4.16. The van der Waals surface area contributed by atoms with E-state index in [2.05, 4.69) is 42.4 Å². The SMILES string of the molecule is COc1cc(C)c(/C=N\NC(=O)c2cc(Br)cc(Br)c2O)cc1OC. The zero-order valence-corrected chi connectivity index (χ0v) is 16.9. The Hall–Kier alpha value is -2.06. The van der Waals surface area contributed by atoms with Gasteiger partial charge in [0, 0.05) is 10.0 Å². The summed E-state index contributed by atoms with van der Waals surface area (Å²) in [5, 5.41) is 13.9. The number of phenolic OH excluding ortho intramolecular Hbond substituents is 1. The standard InChI is InChI=1S/C17H16Br2N2O4/c1-9-4-14(24-2)15(25-3)5-10(9)8-20-21-17(23)12-6-11(18)7-13(19)16(12)22/h4-8,22H,1-3H3,(H,21,23)/b20-8-. The number of hydrogen-bond acceptors (Lipinski definition) is 5. The molecule has 1 amide bonds. The second kappa shape index (κ2) is 8.35. The van der Waals surface area contributed by atoms with E-state index >= 15 is 0 Å². The lowest BCUT2D eigenvalue weighted by Gasteiger charge is -2.10. The van der Waals surface area contributed by atoms with Gasteiger partial charge in [-0.1, -0.05) is 15.9 Å². The van der Waals surface area contributed by atoms with Gasteiger partial charge < -0.3 is 14.6 Å². The Morgan fingerprint density at radius 3 is 2.44 bits per heavy atom. The van der Waals surface area contributed by atoms with Crippen molar-refractivity contribution in [2.45, 2.75) is 6.92 Å². The molecule has 0 aliphatic carbocycles. The summed E-state index contributed by atoms with van der Waals surface area (Å²) >= 11 is 6.46. The fraction of sp³-hybridized carbons (Fsp3) is 0.176. The first-order valence-corrected chi connectivity index (χ1v) is 8.70. The predicted octanol–water partition coefficient (Wildman–Crippen LogP) is 4.01. The third kappa shape index (κ3) is 4.52. The number of amides is 1. The Balaban J connectivity index is 2.20. The minimum Gasteiger partial charge on any atom is -0.506 e. The first-order valence-electron chi connectivity index (χ1n) is 7.11. The molecule has 0 saturated heterocycles. The average Bonchev–Trinajstić information content (AvgIpc) is 2.58. The number of nitrogens with zero attached hydrogens (tertiary/aromatic N) is 1. The number of carbonyl (C=O) groups excluding carboxylic acids is 1. The molecule has 0 spiro atoms. The quantitative estimate of drug-likeness (QED) is 0.510. The first kappa shape index (κ1) is 19.3. The number of methoxy groups -OCH3 is 2. The van der Waals surface area contributed by atoms with E-state index in [-0.39, 0.29) is 11.3 Å². The number of aromatic hydroxyl groups is 1. The van der Waals surface area contributed by atoms with Crippen LogP contribution in [0, 0.1) is 6.92 Å². The summed E-state index contributed by atoms with van der Waals surface area (Å²) in [6.45, 7) is 1.89. The number of benzene rings is 2. The smallest absolute Gasteiger partial charge is 0.275 e. The number of hydrazone groups is 1.